The van der Waals surface area contributed by atoms with Crippen molar-refractivity contribution in [2.24, 2.45) is 0 Å². The van der Waals surface area contributed by atoms with Crippen LogP contribution in [0.3, 0.4) is 0 Å². The molecular weight excluding hydrogens is 310 g/mol. The van der Waals surface area contributed by atoms with E-state index in [1.165, 1.54) is 5.56 Å². The molecule has 2 N–H and O–H groups in total. The zero-order valence-electron chi connectivity index (χ0n) is 14.3. The van der Waals surface area contributed by atoms with Crippen LogP contribution < -0.4 is 5.32 Å². The third-order valence-electron chi connectivity index (χ3n) is 3.44. The third-order valence-corrected chi connectivity index (χ3v) is 3.65. The number of benzene rings is 2. The molecule has 0 saturated carbocycles. The molecule has 124 valence electrons. The molecule has 0 atom stereocenters. The molecule has 0 aliphatic heterocycles. The van der Waals surface area contributed by atoms with Gasteiger partial charge in [0.2, 0.25) is 0 Å². The molecule has 23 heavy (non-hydrogen) atoms. The van der Waals surface area contributed by atoms with E-state index in [2.05, 4.69) is 26.1 Å². The molecule has 2 aromatic carbocycles. The monoisotopic (exact) mass is 333 g/mol. The lowest BCUT2D eigenvalue weighted by Gasteiger charge is -2.21. The highest BCUT2D eigenvalue weighted by Crippen LogP contribution is 2.33. The molecule has 4 heteroatoms. The van der Waals surface area contributed by atoms with Gasteiger partial charge in [-0.05, 0) is 41.1 Å². The molecule has 0 heterocycles. The first-order valence-corrected chi connectivity index (χ1v) is 7.81. The minimum absolute atomic E-state index is 0.115. The maximum absolute atomic E-state index is 10.4. The van der Waals surface area contributed by atoms with E-state index < -0.39 is 5.24 Å². The number of phenolic OH excluding ortho intramolecular Hbond substituents is 1. The number of hydrogen-bond acceptors (Lipinski definition) is 3. The molecule has 0 aliphatic rings. The SMILES string of the molecule is CNc1cc(C(C)(C)C)cc(C)c1O.O=C(Cl)c1ccccc1. The van der Waals surface area contributed by atoms with Gasteiger partial charge in [-0.3, -0.25) is 4.79 Å². The highest BCUT2D eigenvalue weighted by atomic mass is 35.5. The number of hydrogen-bond donors (Lipinski definition) is 2. The van der Waals surface area contributed by atoms with Crippen LogP contribution in [0.2, 0.25) is 0 Å². The molecule has 0 aliphatic carbocycles. The van der Waals surface area contributed by atoms with Gasteiger partial charge in [-0.2, -0.15) is 0 Å². The summed E-state index contributed by atoms with van der Waals surface area (Å²) in [6.07, 6.45) is 0. The van der Waals surface area contributed by atoms with Crippen LogP contribution in [0, 0.1) is 6.92 Å². The maximum atomic E-state index is 10.4. The van der Waals surface area contributed by atoms with Gasteiger partial charge in [-0.1, -0.05) is 57.2 Å². The Hall–Kier alpha value is -2.00. The van der Waals surface area contributed by atoms with E-state index in [0.717, 1.165) is 11.3 Å². The Morgan fingerprint density at radius 1 is 1.13 bits per heavy atom. The van der Waals surface area contributed by atoms with Crippen molar-refractivity contribution in [3.8, 4) is 5.75 Å². The summed E-state index contributed by atoms with van der Waals surface area (Å²) < 4.78 is 0. The van der Waals surface area contributed by atoms with Gasteiger partial charge in [0.05, 0.1) is 5.69 Å². The number of halogens is 1. The van der Waals surface area contributed by atoms with Gasteiger partial charge in [0.25, 0.3) is 5.24 Å². The van der Waals surface area contributed by atoms with E-state index in [4.69, 9.17) is 11.6 Å². The number of aryl methyl sites for hydroxylation is 1. The lowest BCUT2D eigenvalue weighted by Crippen LogP contribution is -2.11. The fourth-order valence-electron chi connectivity index (χ4n) is 1.97. The number of nitrogens with one attached hydrogen (secondary N) is 1. The minimum atomic E-state index is -0.407. The molecule has 0 saturated heterocycles. The summed E-state index contributed by atoms with van der Waals surface area (Å²) in [4.78, 5) is 10.4. The average Bonchev–Trinajstić information content (AvgIpc) is 2.50. The second-order valence-corrected chi connectivity index (χ2v) is 6.67. The van der Waals surface area contributed by atoms with Crippen LogP contribution in [0.15, 0.2) is 42.5 Å². The molecule has 0 radical (unpaired) electrons. The quantitative estimate of drug-likeness (QED) is 0.593. The van der Waals surface area contributed by atoms with Gasteiger partial charge in [-0.15, -0.1) is 0 Å². The summed E-state index contributed by atoms with van der Waals surface area (Å²) in [5.41, 5.74) is 3.61. The number of rotatable bonds is 2. The van der Waals surface area contributed by atoms with E-state index >= 15 is 0 Å². The first kappa shape index (κ1) is 19.0. The number of carbonyl (C=O) groups is 1. The van der Waals surface area contributed by atoms with Crippen LogP contribution >= 0.6 is 11.6 Å². The maximum Gasteiger partial charge on any atom is 0.252 e. The van der Waals surface area contributed by atoms with Gasteiger partial charge in [0.15, 0.2) is 0 Å². The Morgan fingerprint density at radius 3 is 2.09 bits per heavy atom. The van der Waals surface area contributed by atoms with E-state index in [0.29, 0.717) is 11.3 Å². The van der Waals surface area contributed by atoms with Crippen molar-refractivity contribution in [1.82, 2.24) is 0 Å². The van der Waals surface area contributed by atoms with Gasteiger partial charge in [0.1, 0.15) is 5.75 Å². The van der Waals surface area contributed by atoms with E-state index in [-0.39, 0.29) is 5.41 Å². The molecule has 0 fully saturated rings. The smallest absolute Gasteiger partial charge is 0.252 e. The molecule has 3 nitrogen and oxygen atoms in total. The molecule has 0 bridgehead atoms. The third kappa shape index (κ3) is 5.61. The highest BCUT2D eigenvalue weighted by Gasteiger charge is 2.16. The summed E-state index contributed by atoms with van der Waals surface area (Å²) in [5.74, 6) is 0.348. The zero-order valence-corrected chi connectivity index (χ0v) is 15.0. The Labute approximate surface area is 143 Å². The first-order chi connectivity index (χ1) is 10.7. The van der Waals surface area contributed by atoms with Crippen LogP contribution in [0.4, 0.5) is 5.69 Å². The summed E-state index contributed by atoms with van der Waals surface area (Å²) >= 11 is 5.16. The molecule has 0 aromatic heterocycles. The normalized spacial score (nSPS) is 10.5. The molecule has 0 amide bonds. The Kier molecular flexibility index (Phi) is 6.64. The molecule has 2 aromatic rings. The minimum Gasteiger partial charge on any atom is -0.506 e. The number of anilines is 1. The largest absolute Gasteiger partial charge is 0.506 e. The van der Waals surface area contributed by atoms with Crippen LogP contribution in [-0.4, -0.2) is 17.4 Å². The van der Waals surface area contributed by atoms with Crippen molar-refractivity contribution in [3.05, 3.63) is 59.2 Å². The van der Waals surface area contributed by atoms with Crippen molar-refractivity contribution in [2.75, 3.05) is 12.4 Å². The van der Waals surface area contributed by atoms with Crippen molar-refractivity contribution >= 4 is 22.5 Å². The van der Waals surface area contributed by atoms with Crippen LogP contribution in [0.1, 0.15) is 42.3 Å². The summed E-state index contributed by atoms with van der Waals surface area (Å²) in [6.45, 7) is 8.42. The van der Waals surface area contributed by atoms with Gasteiger partial charge in [-0.25, -0.2) is 0 Å². The molecule has 0 unspecified atom stereocenters. The number of phenols is 1. The van der Waals surface area contributed by atoms with Crippen LogP contribution in [0.5, 0.6) is 5.75 Å². The standard InChI is InChI=1S/C12H19NO.C7H5ClO/c1-8-6-9(12(2,3)4)7-10(13-5)11(8)14;8-7(9)6-4-2-1-3-5-6/h6-7,13-14H,1-5H3;1-5H. The van der Waals surface area contributed by atoms with Crippen LogP contribution in [0.25, 0.3) is 0 Å². The fourth-order valence-corrected chi connectivity index (χ4v) is 2.10. The first-order valence-electron chi connectivity index (χ1n) is 7.43. The predicted octanol–water partition coefficient (Wildman–Crippen LogP) is 5.11. The van der Waals surface area contributed by atoms with Gasteiger partial charge >= 0.3 is 0 Å². The van der Waals surface area contributed by atoms with E-state index in [1.54, 1.807) is 24.3 Å². The van der Waals surface area contributed by atoms with E-state index in [1.807, 2.05) is 32.2 Å². The number of carbonyl (C=O) groups excluding carboxylic acids is 1. The van der Waals surface area contributed by atoms with Crippen LogP contribution in [-0.2, 0) is 5.41 Å². The Balaban J connectivity index is 0.000000253. The summed E-state index contributed by atoms with van der Waals surface area (Å²) in [7, 11) is 1.82. The topological polar surface area (TPSA) is 49.3 Å². The average molecular weight is 334 g/mol. The Bertz CT molecular complexity index is 661. The predicted molar refractivity (Wildman–Crippen MR) is 97.7 cm³/mol. The van der Waals surface area contributed by atoms with E-state index in [9.17, 15) is 9.90 Å². The summed E-state index contributed by atoms with van der Waals surface area (Å²) in [6, 6.07) is 12.8. The second kappa shape index (κ2) is 8.02. The highest BCUT2D eigenvalue weighted by molar-refractivity contribution is 6.67. The van der Waals surface area contributed by atoms with Crippen molar-refractivity contribution in [2.45, 2.75) is 33.1 Å². The lowest BCUT2D eigenvalue weighted by atomic mass is 9.85. The molecule has 0 spiro atoms. The Morgan fingerprint density at radius 2 is 1.70 bits per heavy atom. The lowest BCUT2D eigenvalue weighted by molar-refractivity contribution is 0.108. The molecular formula is C19H24ClNO2. The van der Waals surface area contributed by atoms with Gasteiger partial charge in [0, 0.05) is 12.6 Å². The molecule has 2 rings (SSSR count). The van der Waals surface area contributed by atoms with Gasteiger partial charge < -0.3 is 10.4 Å². The van der Waals surface area contributed by atoms with Crippen molar-refractivity contribution in [1.29, 1.82) is 0 Å². The number of aromatic hydroxyl groups is 1. The van der Waals surface area contributed by atoms with Crippen molar-refractivity contribution < 1.29 is 9.90 Å². The zero-order chi connectivity index (χ0) is 17.6. The summed E-state index contributed by atoms with van der Waals surface area (Å²) in [5, 5.41) is 12.3. The van der Waals surface area contributed by atoms with Crippen molar-refractivity contribution in [3.63, 3.8) is 0 Å². The second-order valence-electron chi connectivity index (χ2n) is 6.33. The fraction of sp³-hybridized carbons (Fsp3) is 0.316.